The molecule has 100 valence electrons. The van der Waals surface area contributed by atoms with Gasteiger partial charge < -0.3 is 0 Å². The highest BCUT2D eigenvalue weighted by Crippen LogP contribution is 2.20. The van der Waals surface area contributed by atoms with Gasteiger partial charge in [-0.1, -0.05) is 36.4 Å². The van der Waals surface area contributed by atoms with Gasteiger partial charge in [-0.05, 0) is 48.6 Å². The van der Waals surface area contributed by atoms with Crippen molar-refractivity contribution < 1.29 is 13.0 Å². The lowest BCUT2D eigenvalue weighted by atomic mass is 10.00. The molecule has 0 aromatic heterocycles. The van der Waals surface area contributed by atoms with Crippen LogP contribution in [0.4, 0.5) is 0 Å². The molecule has 0 radical (unpaired) electrons. The Hall–Kier alpha value is -1.65. The first-order chi connectivity index (χ1) is 8.88. The van der Waals surface area contributed by atoms with Crippen LogP contribution >= 0.6 is 0 Å². The van der Waals surface area contributed by atoms with Gasteiger partial charge in [-0.3, -0.25) is 4.55 Å². The average molecular weight is 276 g/mol. The molecule has 2 aromatic carbocycles. The molecule has 0 aliphatic rings. The molecule has 4 heteroatoms. The monoisotopic (exact) mass is 276 g/mol. The highest BCUT2D eigenvalue weighted by Gasteiger charge is 2.13. The molecular formula is C15H16O3S. The first kappa shape index (κ1) is 13.8. The smallest absolute Gasteiger partial charge is 0.282 e. The van der Waals surface area contributed by atoms with E-state index in [2.05, 4.69) is 0 Å². The lowest BCUT2D eigenvalue weighted by Gasteiger charge is -2.08. The average Bonchev–Trinajstić information content (AvgIpc) is 2.33. The number of aryl methyl sites for hydroxylation is 2. The second kappa shape index (κ2) is 5.15. The Balaban J connectivity index is 2.41. The molecule has 0 fully saturated rings. The summed E-state index contributed by atoms with van der Waals surface area (Å²) >= 11 is 0. The molecule has 0 spiro atoms. The fourth-order valence-electron chi connectivity index (χ4n) is 2.06. The predicted octanol–water partition coefficient (Wildman–Crippen LogP) is 3.14. The number of hydrogen-bond donors (Lipinski definition) is 1. The van der Waals surface area contributed by atoms with E-state index in [-0.39, 0.29) is 4.90 Å². The van der Waals surface area contributed by atoms with E-state index >= 15 is 0 Å². The second-order valence-corrected chi connectivity index (χ2v) is 6.07. The number of benzene rings is 2. The van der Waals surface area contributed by atoms with Crippen molar-refractivity contribution in [1.29, 1.82) is 0 Å². The molecule has 0 amide bonds. The van der Waals surface area contributed by atoms with Gasteiger partial charge in [0.05, 0.1) is 4.90 Å². The van der Waals surface area contributed by atoms with Crippen LogP contribution in [0.25, 0.3) is 0 Å². The minimum absolute atomic E-state index is 0.0152. The molecule has 2 rings (SSSR count). The summed E-state index contributed by atoms with van der Waals surface area (Å²) in [4.78, 5) is -0.0152. The standard InChI is InChI=1S/C15H16O3S/c1-11-5-3-4-6-14(11)9-13-8-7-12(2)15(10-13)19(16,17)18/h3-8,10H,9H2,1-2H3,(H,16,17,18). The van der Waals surface area contributed by atoms with Crippen LogP contribution in [0.15, 0.2) is 47.4 Å². The quantitative estimate of drug-likeness (QED) is 0.876. The third-order valence-corrected chi connectivity index (χ3v) is 4.18. The number of rotatable bonds is 3. The second-order valence-electron chi connectivity index (χ2n) is 4.68. The molecule has 0 bridgehead atoms. The van der Waals surface area contributed by atoms with Crippen LogP contribution in [0.2, 0.25) is 0 Å². The summed E-state index contributed by atoms with van der Waals surface area (Å²) in [6.45, 7) is 3.69. The van der Waals surface area contributed by atoms with E-state index in [0.29, 0.717) is 12.0 Å². The Morgan fingerprint density at radius 1 is 1.00 bits per heavy atom. The minimum Gasteiger partial charge on any atom is -0.282 e. The lowest BCUT2D eigenvalue weighted by Crippen LogP contribution is -2.02. The van der Waals surface area contributed by atoms with E-state index in [9.17, 15) is 13.0 Å². The predicted molar refractivity (Wildman–Crippen MR) is 75.0 cm³/mol. The molecule has 19 heavy (non-hydrogen) atoms. The highest BCUT2D eigenvalue weighted by atomic mass is 32.2. The van der Waals surface area contributed by atoms with Gasteiger partial charge in [-0.25, -0.2) is 0 Å². The summed E-state index contributed by atoms with van der Waals surface area (Å²) in [6.07, 6.45) is 0.648. The third-order valence-electron chi connectivity index (χ3n) is 3.19. The maximum atomic E-state index is 11.3. The van der Waals surface area contributed by atoms with Crippen LogP contribution in [0, 0.1) is 13.8 Å². The molecule has 3 nitrogen and oxygen atoms in total. The Kier molecular flexibility index (Phi) is 3.73. The summed E-state index contributed by atoms with van der Waals surface area (Å²) in [7, 11) is -4.16. The molecule has 0 aliphatic carbocycles. The van der Waals surface area contributed by atoms with Crippen molar-refractivity contribution in [3.05, 3.63) is 64.7 Å². The van der Waals surface area contributed by atoms with E-state index in [1.807, 2.05) is 37.3 Å². The largest absolute Gasteiger partial charge is 0.294 e. The van der Waals surface area contributed by atoms with Crippen molar-refractivity contribution >= 4 is 10.1 Å². The minimum atomic E-state index is -4.16. The topological polar surface area (TPSA) is 54.4 Å². The van der Waals surface area contributed by atoms with E-state index in [1.165, 1.54) is 6.07 Å². The van der Waals surface area contributed by atoms with Gasteiger partial charge in [0.2, 0.25) is 0 Å². The van der Waals surface area contributed by atoms with Crippen molar-refractivity contribution in [2.45, 2.75) is 25.2 Å². The molecule has 1 N–H and O–H groups in total. The summed E-state index contributed by atoms with van der Waals surface area (Å²) in [6, 6.07) is 13.1. The summed E-state index contributed by atoms with van der Waals surface area (Å²) in [5, 5.41) is 0. The SMILES string of the molecule is Cc1ccccc1Cc1ccc(C)c(S(=O)(=O)O)c1. The van der Waals surface area contributed by atoms with E-state index in [4.69, 9.17) is 0 Å². The summed E-state index contributed by atoms with van der Waals surface area (Å²) in [5.74, 6) is 0. The molecule has 0 atom stereocenters. The molecule has 0 aliphatic heterocycles. The van der Waals surface area contributed by atoms with Gasteiger partial charge in [-0.2, -0.15) is 8.42 Å². The van der Waals surface area contributed by atoms with Crippen LogP contribution in [0.5, 0.6) is 0 Å². The Morgan fingerprint density at radius 3 is 2.32 bits per heavy atom. The van der Waals surface area contributed by atoms with Crippen LogP contribution in [-0.2, 0) is 16.5 Å². The molecule has 0 saturated carbocycles. The Bertz CT molecular complexity index is 703. The Labute approximate surface area is 113 Å². The van der Waals surface area contributed by atoms with Gasteiger partial charge in [0.25, 0.3) is 10.1 Å². The Morgan fingerprint density at radius 2 is 1.68 bits per heavy atom. The van der Waals surface area contributed by atoms with Crippen LogP contribution in [-0.4, -0.2) is 13.0 Å². The van der Waals surface area contributed by atoms with Gasteiger partial charge in [0.15, 0.2) is 0 Å². The zero-order valence-electron chi connectivity index (χ0n) is 10.9. The van der Waals surface area contributed by atoms with Crippen molar-refractivity contribution in [3.63, 3.8) is 0 Å². The van der Waals surface area contributed by atoms with E-state index in [1.54, 1.807) is 13.0 Å². The van der Waals surface area contributed by atoms with Crippen LogP contribution in [0.1, 0.15) is 22.3 Å². The van der Waals surface area contributed by atoms with E-state index < -0.39 is 10.1 Å². The van der Waals surface area contributed by atoms with Gasteiger partial charge >= 0.3 is 0 Å². The normalized spacial score (nSPS) is 11.5. The lowest BCUT2D eigenvalue weighted by molar-refractivity contribution is 0.482. The summed E-state index contributed by atoms with van der Waals surface area (Å²) in [5.41, 5.74) is 3.73. The number of hydrogen-bond acceptors (Lipinski definition) is 2. The summed E-state index contributed by atoms with van der Waals surface area (Å²) < 4.78 is 31.7. The van der Waals surface area contributed by atoms with Crippen molar-refractivity contribution in [2.24, 2.45) is 0 Å². The third kappa shape index (κ3) is 3.22. The molecule has 0 saturated heterocycles. The molecule has 2 aromatic rings. The first-order valence-corrected chi connectivity index (χ1v) is 7.43. The fraction of sp³-hybridized carbons (Fsp3) is 0.200. The first-order valence-electron chi connectivity index (χ1n) is 5.99. The van der Waals surface area contributed by atoms with Gasteiger partial charge in [0, 0.05) is 0 Å². The van der Waals surface area contributed by atoms with Gasteiger partial charge in [-0.15, -0.1) is 0 Å². The fourth-order valence-corrected chi connectivity index (χ4v) is 2.84. The zero-order valence-corrected chi connectivity index (χ0v) is 11.7. The van der Waals surface area contributed by atoms with Gasteiger partial charge in [0.1, 0.15) is 0 Å². The van der Waals surface area contributed by atoms with E-state index in [0.717, 1.165) is 16.7 Å². The van der Waals surface area contributed by atoms with Crippen molar-refractivity contribution in [1.82, 2.24) is 0 Å². The molecule has 0 heterocycles. The van der Waals surface area contributed by atoms with Crippen LogP contribution in [0.3, 0.4) is 0 Å². The molecule has 0 unspecified atom stereocenters. The maximum Gasteiger partial charge on any atom is 0.294 e. The van der Waals surface area contributed by atoms with Crippen LogP contribution < -0.4 is 0 Å². The highest BCUT2D eigenvalue weighted by molar-refractivity contribution is 7.85. The zero-order chi connectivity index (χ0) is 14.0. The van der Waals surface area contributed by atoms with Crippen molar-refractivity contribution in [3.8, 4) is 0 Å². The maximum absolute atomic E-state index is 11.3. The van der Waals surface area contributed by atoms with Crippen molar-refractivity contribution in [2.75, 3.05) is 0 Å². The molecular weight excluding hydrogens is 260 g/mol.